The third-order valence-electron chi connectivity index (χ3n) is 7.92. The van der Waals surface area contributed by atoms with Crippen molar-refractivity contribution in [2.75, 3.05) is 19.8 Å². The van der Waals surface area contributed by atoms with Gasteiger partial charge in [-0.15, -0.1) is 0 Å². The number of aliphatic hydroxyl groups excluding tert-OH is 2. The molecule has 0 aliphatic rings. The number of aliphatic hydroxyl groups is 2. The Morgan fingerprint density at radius 3 is 1.77 bits per heavy atom. The van der Waals surface area contributed by atoms with Crippen LogP contribution in [0, 0.1) is 0 Å². The van der Waals surface area contributed by atoms with Crippen molar-refractivity contribution in [1.29, 1.82) is 0 Å². The van der Waals surface area contributed by atoms with Crippen molar-refractivity contribution in [2.45, 2.75) is 180 Å². The van der Waals surface area contributed by atoms with Gasteiger partial charge in [0.2, 0.25) is 5.91 Å². The fourth-order valence-corrected chi connectivity index (χ4v) is 5.93. The maximum Gasteiger partial charge on any atom is 0.472 e. The molecule has 0 fully saturated rings. The second-order valence-corrected chi connectivity index (χ2v) is 13.7. The van der Waals surface area contributed by atoms with Gasteiger partial charge in [-0.1, -0.05) is 129 Å². The molecule has 1 amide bonds. The van der Waals surface area contributed by atoms with Crippen LogP contribution in [0.1, 0.15) is 162 Å². The normalized spacial score (nSPS) is 15.3. The first-order valence-corrected chi connectivity index (χ1v) is 19.4. The maximum atomic E-state index is 12.7. The molecule has 0 aliphatic heterocycles. The lowest BCUT2D eigenvalue weighted by Crippen LogP contribution is -2.47. The topological polar surface area (TPSA) is 151 Å². The van der Waals surface area contributed by atoms with Crippen LogP contribution in [0.3, 0.4) is 0 Å². The van der Waals surface area contributed by atoms with Crippen molar-refractivity contribution in [3.8, 4) is 0 Å². The highest BCUT2D eigenvalue weighted by atomic mass is 31.2. The Hall–Kier alpha value is -0.800. The minimum atomic E-state index is -4.36. The minimum absolute atomic E-state index is 0.0593. The van der Waals surface area contributed by atoms with Gasteiger partial charge in [0.15, 0.2) is 0 Å². The Labute approximate surface area is 269 Å². The van der Waals surface area contributed by atoms with Gasteiger partial charge in [-0.2, -0.15) is 0 Å². The predicted octanol–water partition coefficient (Wildman–Crippen LogP) is 7.85. The molecule has 9 nitrogen and oxygen atoms in total. The molecule has 4 atom stereocenters. The fraction of sp³-hybridized carbons (Fsp3) is 0.912. The molecule has 0 radical (unpaired) electrons. The summed E-state index contributed by atoms with van der Waals surface area (Å²) in [6.45, 7) is 3.97. The summed E-state index contributed by atoms with van der Waals surface area (Å²) in [7, 11) is -4.36. The molecule has 0 aliphatic carbocycles. The number of allylic oxidation sites excluding steroid dienone is 2. The first-order valence-electron chi connectivity index (χ1n) is 17.9. The van der Waals surface area contributed by atoms with Crippen molar-refractivity contribution in [1.82, 2.24) is 5.32 Å². The molecule has 0 aromatic heterocycles. The zero-order valence-corrected chi connectivity index (χ0v) is 29.2. The SMILES string of the molecule is CCCCCC/C=C\CCCCCCCC(O)CC(=O)NC(COP(=O)(O)OCCN)C(O)CCCCCCCCCCC. The lowest BCUT2D eigenvalue weighted by Gasteiger charge is -2.25. The maximum absolute atomic E-state index is 12.7. The van der Waals surface area contributed by atoms with Crippen LogP contribution in [-0.2, 0) is 18.4 Å². The molecule has 0 saturated carbocycles. The Kier molecular flexibility index (Phi) is 30.3. The molecule has 44 heavy (non-hydrogen) atoms. The smallest absolute Gasteiger partial charge is 0.393 e. The van der Waals surface area contributed by atoms with Gasteiger partial charge in [-0.3, -0.25) is 13.8 Å². The third-order valence-corrected chi connectivity index (χ3v) is 8.91. The molecule has 0 aromatic rings. The summed E-state index contributed by atoms with van der Waals surface area (Å²) in [5.74, 6) is -0.422. The average Bonchev–Trinajstić information content (AvgIpc) is 2.99. The number of unbranched alkanes of at least 4 members (excludes halogenated alkanes) is 17. The molecule has 6 N–H and O–H groups in total. The van der Waals surface area contributed by atoms with Crippen LogP contribution >= 0.6 is 7.82 Å². The number of phosphoric ester groups is 1. The number of nitrogens with two attached hydrogens (primary N) is 1. The number of hydrogen-bond donors (Lipinski definition) is 5. The van der Waals surface area contributed by atoms with E-state index in [1.54, 1.807) is 0 Å². The first kappa shape index (κ1) is 43.2. The van der Waals surface area contributed by atoms with E-state index < -0.39 is 32.0 Å². The van der Waals surface area contributed by atoms with Gasteiger partial charge in [0, 0.05) is 6.54 Å². The standard InChI is InChI=1S/C34H69N2O7P/c1-3-5-7-9-11-13-14-15-16-18-19-21-23-25-31(37)29-34(39)36-32(30-43-44(40,41)42-28-27-35)33(38)26-24-22-20-17-12-10-8-6-4-2/h13-14,31-33,37-38H,3-12,15-30,35H2,1-2H3,(H,36,39)(H,40,41)/b14-13-. The van der Waals surface area contributed by atoms with Gasteiger partial charge < -0.3 is 26.2 Å². The van der Waals surface area contributed by atoms with Crippen LogP contribution in [-0.4, -0.2) is 59.0 Å². The Bertz CT molecular complexity index is 726. The lowest BCUT2D eigenvalue weighted by molar-refractivity contribution is -0.125. The Balaban J connectivity index is 4.39. The highest BCUT2D eigenvalue weighted by molar-refractivity contribution is 7.47. The minimum Gasteiger partial charge on any atom is -0.393 e. The van der Waals surface area contributed by atoms with Crippen molar-refractivity contribution < 1.29 is 33.5 Å². The van der Waals surface area contributed by atoms with E-state index in [1.165, 1.54) is 83.5 Å². The largest absolute Gasteiger partial charge is 0.472 e. The molecule has 0 aromatic carbocycles. The zero-order valence-electron chi connectivity index (χ0n) is 28.3. The van der Waals surface area contributed by atoms with Gasteiger partial charge in [-0.05, 0) is 38.5 Å². The van der Waals surface area contributed by atoms with Gasteiger partial charge in [-0.25, -0.2) is 4.57 Å². The van der Waals surface area contributed by atoms with E-state index in [0.717, 1.165) is 44.9 Å². The summed E-state index contributed by atoms with van der Waals surface area (Å²) in [6.07, 6.45) is 26.9. The molecule has 0 spiro atoms. The van der Waals surface area contributed by atoms with E-state index >= 15 is 0 Å². The summed E-state index contributed by atoms with van der Waals surface area (Å²) in [4.78, 5) is 22.6. The monoisotopic (exact) mass is 648 g/mol. The molecule has 0 rings (SSSR count). The van der Waals surface area contributed by atoms with E-state index in [0.29, 0.717) is 12.8 Å². The van der Waals surface area contributed by atoms with Gasteiger partial charge in [0.1, 0.15) is 0 Å². The van der Waals surface area contributed by atoms with Crippen LogP contribution in [0.2, 0.25) is 0 Å². The van der Waals surface area contributed by atoms with Crippen molar-refractivity contribution in [3.05, 3.63) is 12.2 Å². The predicted molar refractivity (Wildman–Crippen MR) is 181 cm³/mol. The molecule has 0 saturated heterocycles. The Morgan fingerprint density at radius 2 is 1.23 bits per heavy atom. The number of rotatable bonds is 33. The van der Waals surface area contributed by atoms with Gasteiger partial charge in [0.25, 0.3) is 0 Å². The number of nitrogens with one attached hydrogen (secondary N) is 1. The van der Waals surface area contributed by atoms with Crippen LogP contribution in [0.4, 0.5) is 0 Å². The van der Waals surface area contributed by atoms with E-state index in [1.807, 2.05) is 0 Å². The van der Waals surface area contributed by atoms with E-state index in [9.17, 15) is 24.5 Å². The summed E-state index contributed by atoms with van der Waals surface area (Å²) in [5, 5.41) is 23.9. The van der Waals surface area contributed by atoms with E-state index in [-0.39, 0.29) is 26.2 Å². The second kappa shape index (κ2) is 30.8. The quantitative estimate of drug-likeness (QED) is 0.0274. The summed E-state index contributed by atoms with van der Waals surface area (Å²) in [6, 6.07) is -0.893. The van der Waals surface area contributed by atoms with Crippen LogP contribution in [0.15, 0.2) is 12.2 Å². The number of carbonyl (C=O) groups excluding carboxylic acids is 1. The molecular formula is C34H69N2O7P. The van der Waals surface area contributed by atoms with Gasteiger partial charge >= 0.3 is 7.82 Å². The van der Waals surface area contributed by atoms with E-state index in [4.69, 9.17) is 14.8 Å². The van der Waals surface area contributed by atoms with Crippen molar-refractivity contribution >= 4 is 13.7 Å². The number of phosphoric acid groups is 1. The zero-order chi connectivity index (χ0) is 32.7. The summed E-state index contributed by atoms with van der Waals surface area (Å²) < 4.78 is 21.9. The first-order chi connectivity index (χ1) is 21.3. The number of carbonyl (C=O) groups is 1. The summed E-state index contributed by atoms with van der Waals surface area (Å²) >= 11 is 0. The number of amides is 1. The molecule has 262 valence electrons. The second-order valence-electron chi connectivity index (χ2n) is 12.3. The number of hydrogen-bond acceptors (Lipinski definition) is 7. The van der Waals surface area contributed by atoms with Crippen LogP contribution in [0.25, 0.3) is 0 Å². The van der Waals surface area contributed by atoms with Crippen LogP contribution in [0.5, 0.6) is 0 Å². The highest BCUT2D eigenvalue weighted by Gasteiger charge is 2.28. The van der Waals surface area contributed by atoms with Crippen LogP contribution < -0.4 is 11.1 Å². The van der Waals surface area contributed by atoms with Crippen molar-refractivity contribution in [2.24, 2.45) is 5.73 Å². The molecule has 10 heteroatoms. The molecule has 4 unspecified atom stereocenters. The molecule has 0 heterocycles. The van der Waals surface area contributed by atoms with E-state index in [2.05, 4.69) is 31.3 Å². The van der Waals surface area contributed by atoms with Crippen molar-refractivity contribution in [3.63, 3.8) is 0 Å². The van der Waals surface area contributed by atoms with Gasteiger partial charge in [0.05, 0.1) is 37.9 Å². The average molecular weight is 649 g/mol. The highest BCUT2D eigenvalue weighted by Crippen LogP contribution is 2.43. The fourth-order valence-electron chi connectivity index (χ4n) is 5.17. The third kappa shape index (κ3) is 28.7. The molecular weight excluding hydrogens is 579 g/mol. The Morgan fingerprint density at radius 1 is 0.750 bits per heavy atom. The summed E-state index contributed by atoms with van der Waals surface area (Å²) in [5.41, 5.74) is 5.33. The lowest BCUT2D eigenvalue weighted by atomic mass is 10.0. The molecule has 0 bridgehead atoms.